The lowest BCUT2D eigenvalue weighted by Gasteiger charge is -2.21. The van der Waals surface area contributed by atoms with E-state index in [0.717, 1.165) is 4.90 Å². The van der Waals surface area contributed by atoms with Crippen molar-refractivity contribution < 1.29 is 9.59 Å². The van der Waals surface area contributed by atoms with Crippen LogP contribution >= 0.6 is 0 Å². The summed E-state index contributed by atoms with van der Waals surface area (Å²) in [6, 6.07) is 9.62. The normalized spacial score (nSPS) is 21.7. The number of amides is 3. The number of nitrogens with one attached hydrogen (secondary N) is 1. The molecule has 1 saturated heterocycles. The second kappa shape index (κ2) is 4.43. The van der Waals surface area contributed by atoms with Crippen LogP contribution in [0.4, 0.5) is 4.79 Å². The highest BCUT2D eigenvalue weighted by molar-refractivity contribution is 6.07. The molecule has 1 aromatic rings. The van der Waals surface area contributed by atoms with Gasteiger partial charge < -0.3 is 5.32 Å². The van der Waals surface area contributed by atoms with Gasteiger partial charge in [0.05, 0.1) is 17.7 Å². The molecule has 6 nitrogen and oxygen atoms in total. The van der Waals surface area contributed by atoms with Gasteiger partial charge in [-0.2, -0.15) is 10.5 Å². The molecule has 1 atom stereocenters. The molecule has 19 heavy (non-hydrogen) atoms. The third kappa shape index (κ3) is 1.90. The number of hydrogen-bond acceptors (Lipinski definition) is 4. The summed E-state index contributed by atoms with van der Waals surface area (Å²) in [5.74, 6) is -0.492. The second-order valence-electron chi connectivity index (χ2n) is 4.30. The molecule has 0 spiro atoms. The van der Waals surface area contributed by atoms with Crippen molar-refractivity contribution in [3.63, 3.8) is 0 Å². The Balaban J connectivity index is 2.44. The van der Waals surface area contributed by atoms with Crippen LogP contribution in [0.25, 0.3) is 0 Å². The lowest BCUT2D eigenvalue weighted by atomic mass is 9.91. The number of hydrogen-bond donors (Lipinski definition) is 1. The minimum absolute atomic E-state index is 0.293. The van der Waals surface area contributed by atoms with Gasteiger partial charge in [-0.25, -0.2) is 9.69 Å². The van der Waals surface area contributed by atoms with Gasteiger partial charge in [-0.05, 0) is 24.6 Å². The Morgan fingerprint density at radius 1 is 1.37 bits per heavy atom. The number of imide groups is 1. The van der Waals surface area contributed by atoms with E-state index in [2.05, 4.69) is 5.32 Å². The van der Waals surface area contributed by atoms with Crippen molar-refractivity contribution >= 4 is 11.9 Å². The monoisotopic (exact) mass is 254 g/mol. The number of nitrogens with zero attached hydrogens (tertiary/aromatic N) is 3. The van der Waals surface area contributed by atoms with E-state index in [4.69, 9.17) is 10.5 Å². The lowest BCUT2D eigenvalue weighted by molar-refractivity contribution is -0.130. The maximum atomic E-state index is 12.2. The average molecular weight is 254 g/mol. The first-order valence-corrected chi connectivity index (χ1v) is 5.54. The molecule has 1 aliphatic rings. The Morgan fingerprint density at radius 3 is 2.74 bits per heavy atom. The van der Waals surface area contributed by atoms with E-state index in [-0.39, 0.29) is 6.54 Å². The fraction of sp³-hybridized carbons (Fsp3) is 0.231. The summed E-state index contributed by atoms with van der Waals surface area (Å²) in [5, 5.41) is 20.0. The van der Waals surface area contributed by atoms with Crippen molar-refractivity contribution in [2.24, 2.45) is 0 Å². The topological polar surface area (TPSA) is 97.0 Å². The minimum atomic E-state index is -1.24. The molecule has 1 aromatic carbocycles. The van der Waals surface area contributed by atoms with E-state index in [9.17, 15) is 9.59 Å². The van der Waals surface area contributed by atoms with Crippen LogP contribution in [0.2, 0.25) is 0 Å². The molecular formula is C13H10N4O2. The number of rotatable bonds is 2. The van der Waals surface area contributed by atoms with E-state index in [1.165, 1.54) is 0 Å². The largest absolute Gasteiger partial charge is 0.326 e. The molecule has 94 valence electrons. The fourth-order valence-corrected chi connectivity index (χ4v) is 2.01. The molecule has 0 saturated carbocycles. The minimum Gasteiger partial charge on any atom is -0.319 e. The van der Waals surface area contributed by atoms with Crippen LogP contribution in [0, 0.1) is 22.7 Å². The number of nitriles is 2. The molecule has 6 heteroatoms. The van der Waals surface area contributed by atoms with Crippen LogP contribution in [-0.4, -0.2) is 23.4 Å². The van der Waals surface area contributed by atoms with Crippen molar-refractivity contribution in [2.45, 2.75) is 12.5 Å². The summed E-state index contributed by atoms with van der Waals surface area (Å²) in [6.45, 7) is 1.26. The van der Waals surface area contributed by atoms with Crippen LogP contribution in [0.1, 0.15) is 18.1 Å². The molecule has 1 N–H and O–H groups in total. The zero-order valence-corrected chi connectivity index (χ0v) is 10.2. The number of benzene rings is 1. The SMILES string of the molecule is C[C@@]1(c2cccc(C#N)c2)NC(=O)N(CC#N)C1=O. The Labute approximate surface area is 109 Å². The first-order chi connectivity index (χ1) is 9.02. The molecule has 3 amide bonds. The van der Waals surface area contributed by atoms with Gasteiger partial charge in [0.1, 0.15) is 12.1 Å². The van der Waals surface area contributed by atoms with E-state index in [0.29, 0.717) is 11.1 Å². The molecule has 1 aliphatic heterocycles. The molecule has 2 rings (SSSR count). The Morgan fingerprint density at radius 2 is 2.11 bits per heavy atom. The van der Waals surface area contributed by atoms with Crippen molar-refractivity contribution in [2.75, 3.05) is 6.54 Å². The van der Waals surface area contributed by atoms with Gasteiger partial charge in [0, 0.05) is 0 Å². The summed E-state index contributed by atoms with van der Waals surface area (Å²) < 4.78 is 0. The summed E-state index contributed by atoms with van der Waals surface area (Å²) in [6.07, 6.45) is 0. The predicted octanol–water partition coefficient (Wildman–Crippen LogP) is 0.849. The van der Waals surface area contributed by atoms with Crippen LogP contribution in [0.3, 0.4) is 0 Å². The van der Waals surface area contributed by atoms with Crippen molar-refractivity contribution in [1.82, 2.24) is 10.2 Å². The summed E-state index contributed by atoms with van der Waals surface area (Å²) >= 11 is 0. The van der Waals surface area contributed by atoms with Crippen LogP contribution in [-0.2, 0) is 10.3 Å². The first-order valence-electron chi connectivity index (χ1n) is 5.54. The van der Waals surface area contributed by atoms with Gasteiger partial charge in [0.2, 0.25) is 0 Å². The Hall–Kier alpha value is -2.86. The first kappa shape index (κ1) is 12.6. The lowest BCUT2D eigenvalue weighted by Crippen LogP contribution is -2.41. The Kier molecular flexibility index (Phi) is 2.94. The maximum absolute atomic E-state index is 12.2. The molecule has 0 radical (unpaired) electrons. The summed E-state index contributed by atoms with van der Waals surface area (Å²) in [7, 11) is 0. The fourth-order valence-electron chi connectivity index (χ4n) is 2.01. The molecule has 0 unspecified atom stereocenters. The third-order valence-electron chi connectivity index (χ3n) is 3.07. The highest BCUT2D eigenvalue weighted by atomic mass is 16.2. The third-order valence-corrected chi connectivity index (χ3v) is 3.07. The van der Waals surface area contributed by atoms with E-state index >= 15 is 0 Å². The van der Waals surface area contributed by atoms with Crippen LogP contribution in [0.15, 0.2) is 24.3 Å². The van der Waals surface area contributed by atoms with Crippen molar-refractivity contribution in [3.05, 3.63) is 35.4 Å². The molecule has 1 heterocycles. The quantitative estimate of drug-likeness (QED) is 0.624. The second-order valence-corrected chi connectivity index (χ2v) is 4.30. The zero-order chi connectivity index (χ0) is 14.0. The van der Waals surface area contributed by atoms with Crippen LogP contribution < -0.4 is 5.32 Å². The number of carbonyl (C=O) groups is 2. The molecular weight excluding hydrogens is 244 g/mol. The standard InChI is InChI=1S/C13H10N4O2/c1-13(10-4-2-3-9(7-10)8-15)11(18)17(6-5-14)12(19)16-13/h2-4,7H,6H2,1H3,(H,16,19)/t13-/m0/s1. The van der Waals surface area contributed by atoms with E-state index < -0.39 is 17.5 Å². The molecule has 0 aromatic heterocycles. The van der Waals surface area contributed by atoms with Gasteiger partial charge in [-0.1, -0.05) is 12.1 Å². The molecule has 0 bridgehead atoms. The van der Waals surface area contributed by atoms with Gasteiger partial charge in [0.15, 0.2) is 0 Å². The highest BCUT2D eigenvalue weighted by Crippen LogP contribution is 2.28. The highest BCUT2D eigenvalue weighted by Gasteiger charge is 2.48. The maximum Gasteiger partial charge on any atom is 0.326 e. The van der Waals surface area contributed by atoms with Gasteiger partial charge in [0.25, 0.3) is 5.91 Å². The van der Waals surface area contributed by atoms with Crippen LogP contribution in [0.5, 0.6) is 0 Å². The zero-order valence-electron chi connectivity index (χ0n) is 10.2. The number of urea groups is 1. The Bertz CT molecular complexity index is 641. The van der Waals surface area contributed by atoms with Gasteiger partial charge >= 0.3 is 6.03 Å². The molecule has 0 aliphatic carbocycles. The van der Waals surface area contributed by atoms with Gasteiger partial charge in [-0.15, -0.1) is 0 Å². The summed E-state index contributed by atoms with van der Waals surface area (Å²) in [4.78, 5) is 24.8. The van der Waals surface area contributed by atoms with Gasteiger partial charge in [-0.3, -0.25) is 4.79 Å². The predicted molar refractivity (Wildman–Crippen MR) is 64.4 cm³/mol. The van der Waals surface area contributed by atoms with E-state index in [1.54, 1.807) is 37.3 Å². The number of carbonyl (C=O) groups excluding carboxylic acids is 2. The van der Waals surface area contributed by atoms with Crippen molar-refractivity contribution in [1.29, 1.82) is 10.5 Å². The van der Waals surface area contributed by atoms with Crippen molar-refractivity contribution in [3.8, 4) is 12.1 Å². The van der Waals surface area contributed by atoms with E-state index in [1.807, 2.05) is 6.07 Å². The molecule has 1 fully saturated rings. The summed E-state index contributed by atoms with van der Waals surface area (Å²) in [5.41, 5.74) is -0.314. The average Bonchev–Trinajstić information content (AvgIpc) is 2.64. The smallest absolute Gasteiger partial charge is 0.319 e.